The first-order chi connectivity index (χ1) is 9.31. The summed E-state index contributed by atoms with van der Waals surface area (Å²) in [6, 6.07) is 0. The maximum absolute atomic E-state index is 2.43. The number of rotatable bonds is 14. The van der Waals surface area contributed by atoms with Gasteiger partial charge >= 0.3 is 0 Å². The smallest absolute Gasteiger partial charge is 0.0262 e. The Bertz CT molecular complexity index is 180. The van der Waals surface area contributed by atoms with E-state index in [1.807, 2.05) is 0 Å². The minimum Gasteiger partial charge on any atom is -0.0883 e. The van der Waals surface area contributed by atoms with Crippen LogP contribution in [0.3, 0.4) is 0 Å². The molecule has 0 aromatic heterocycles. The summed E-state index contributed by atoms with van der Waals surface area (Å²) >= 11 is 0. The molecule has 0 heteroatoms. The standard InChI is InChI=1S/C19H38/c1-4-6-8-10-11-12-13-14-16-18-19(3)17-15-9-7-5-2/h15,17,19H,4-14,16,18H2,1-3H3. The van der Waals surface area contributed by atoms with Gasteiger partial charge in [0, 0.05) is 0 Å². The van der Waals surface area contributed by atoms with E-state index in [0.717, 1.165) is 5.92 Å². The summed E-state index contributed by atoms with van der Waals surface area (Å²) in [5, 5.41) is 0. The summed E-state index contributed by atoms with van der Waals surface area (Å²) in [5.41, 5.74) is 0. The van der Waals surface area contributed by atoms with E-state index in [2.05, 4.69) is 32.9 Å². The van der Waals surface area contributed by atoms with Crippen molar-refractivity contribution in [1.29, 1.82) is 0 Å². The molecule has 0 aromatic rings. The van der Waals surface area contributed by atoms with Crippen LogP contribution >= 0.6 is 0 Å². The lowest BCUT2D eigenvalue weighted by Gasteiger charge is -2.06. The molecule has 0 radical (unpaired) electrons. The lowest BCUT2D eigenvalue weighted by atomic mass is 10.0. The molecule has 0 spiro atoms. The van der Waals surface area contributed by atoms with Crippen LogP contribution in [0, 0.1) is 5.92 Å². The van der Waals surface area contributed by atoms with Crippen molar-refractivity contribution in [3.05, 3.63) is 12.2 Å². The molecule has 0 saturated carbocycles. The fraction of sp³-hybridized carbons (Fsp3) is 0.895. The number of unbranched alkanes of at least 4 members (excludes halogenated alkanes) is 10. The normalized spacial score (nSPS) is 13.2. The molecule has 0 aliphatic heterocycles. The molecular formula is C19H38. The van der Waals surface area contributed by atoms with Gasteiger partial charge in [0.2, 0.25) is 0 Å². The fourth-order valence-corrected chi connectivity index (χ4v) is 2.52. The van der Waals surface area contributed by atoms with Gasteiger partial charge in [0.1, 0.15) is 0 Å². The topological polar surface area (TPSA) is 0 Å². The van der Waals surface area contributed by atoms with E-state index >= 15 is 0 Å². The van der Waals surface area contributed by atoms with Gasteiger partial charge < -0.3 is 0 Å². The summed E-state index contributed by atoms with van der Waals surface area (Å²) < 4.78 is 0. The first kappa shape index (κ1) is 18.7. The zero-order valence-corrected chi connectivity index (χ0v) is 13.9. The van der Waals surface area contributed by atoms with Gasteiger partial charge in [-0.3, -0.25) is 0 Å². The molecule has 0 aliphatic carbocycles. The molecule has 0 bridgehead atoms. The molecule has 0 heterocycles. The van der Waals surface area contributed by atoms with E-state index in [9.17, 15) is 0 Å². The molecule has 1 unspecified atom stereocenters. The lowest BCUT2D eigenvalue weighted by Crippen LogP contribution is -1.90. The Kier molecular flexibility index (Phi) is 15.6. The lowest BCUT2D eigenvalue weighted by molar-refractivity contribution is 0.528. The predicted octanol–water partition coefficient (Wildman–Crippen LogP) is 7.29. The van der Waals surface area contributed by atoms with Gasteiger partial charge in [0.25, 0.3) is 0 Å². The maximum atomic E-state index is 2.43. The van der Waals surface area contributed by atoms with E-state index in [4.69, 9.17) is 0 Å². The molecule has 0 amide bonds. The highest BCUT2D eigenvalue weighted by Crippen LogP contribution is 2.14. The molecule has 0 saturated heterocycles. The van der Waals surface area contributed by atoms with Gasteiger partial charge in [-0.25, -0.2) is 0 Å². The zero-order chi connectivity index (χ0) is 14.2. The number of hydrogen-bond donors (Lipinski definition) is 0. The van der Waals surface area contributed by atoms with E-state index in [1.165, 1.54) is 83.5 Å². The van der Waals surface area contributed by atoms with E-state index in [1.54, 1.807) is 0 Å². The van der Waals surface area contributed by atoms with Crippen LogP contribution in [0.15, 0.2) is 12.2 Å². The van der Waals surface area contributed by atoms with Gasteiger partial charge in [-0.15, -0.1) is 0 Å². The van der Waals surface area contributed by atoms with Gasteiger partial charge in [-0.2, -0.15) is 0 Å². The number of hydrogen-bond acceptors (Lipinski definition) is 0. The SMILES string of the molecule is CCCCC=CC(C)CCCCCCCCCCC. The summed E-state index contributed by atoms with van der Waals surface area (Å²) in [7, 11) is 0. The fourth-order valence-electron chi connectivity index (χ4n) is 2.52. The molecule has 0 aliphatic rings. The van der Waals surface area contributed by atoms with Crippen molar-refractivity contribution in [1.82, 2.24) is 0 Å². The summed E-state index contributed by atoms with van der Waals surface area (Å²) in [6.07, 6.45) is 23.1. The van der Waals surface area contributed by atoms with Crippen LogP contribution < -0.4 is 0 Å². The second-order valence-electron chi connectivity index (χ2n) is 6.16. The molecular weight excluding hydrogens is 228 g/mol. The second-order valence-corrected chi connectivity index (χ2v) is 6.16. The molecule has 1 atom stereocenters. The molecule has 0 rings (SSSR count). The third kappa shape index (κ3) is 15.7. The van der Waals surface area contributed by atoms with Crippen molar-refractivity contribution in [2.75, 3.05) is 0 Å². The zero-order valence-electron chi connectivity index (χ0n) is 13.9. The summed E-state index contributed by atoms with van der Waals surface area (Å²) in [4.78, 5) is 0. The van der Waals surface area contributed by atoms with E-state index in [0.29, 0.717) is 0 Å². The number of allylic oxidation sites excluding steroid dienone is 2. The van der Waals surface area contributed by atoms with Crippen LogP contribution in [-0.4, -0.2) is 0 Å². The average molecular weight is 267 g/mol. The third-order valence-electron chi connectivity index (χ3n) is 3.95. The monoisotopic (exact) mass is 266 g/mol. The Labute approximate surface area is 123 Å². The minimum absolute atomic E-state index is 0.793. The molecule has 19 heavy (non-hydrogen) atoms. The quantitative estimate of drug-likeness (QED) is 0.229. The Balaban J connectivity index is 3.18. The van der Waals surface area contributed by atoms with E-state index in [-0.39, 0.29) is 0 Å². The largest absolute Gasteiger partial charge is 0.0883 e. The molecule has 0 N–H and O–H groups in total. The first-order valence-corrected chi connectivity index (χ1v) is 8.97. The molecule has 0 fully saturated rings. The Morgan fingerprint density at radius 2 is 1.21 bits per heavy atom. The van der Waals surface area contributed by atoms with Crippen molar-refractivity contribution in [3.63, 3.8) is 0 Å². The Morgan fingerprint density at radius 3 is 1.79 bits per heavy atom. The third-order valence-corrected chi connectivity index (χ3v) is 3.95. The van der Waals surface area contributed by atoms with Gasteiger partial charge in [-0.1, -0.05) is 104 Å². The second kappa shape index (κ2) is 15.8. The molecule has 114 valence electrons. The van der Waals surface area contributed by atoms with Crippen LogP contribution in [0.4, 0.5) is 0 Å². The van der Waals surface area contributed by atoms with Crippen molar-refractivity contribution in [3.8, 4) is 0 Å². The van der Waals surface area contributed by atoms with Crippen molar-refractivity contribution >= 4 is 0 Å². The average Bonchev–Trinajstić information content (AvgIpc) is 2.42. The Morgan fingerprint density at radius 1 is 0.684 bits per heavy atom. The summed E-state index contributed by atoms with van der Waals surface area (Å²) in [6.45, 7) is 6.92. The Hall–Kier alpha value is -0.260. The highest BCUT2D eigenvalue weighted by Gasteiger charge is 1.97. The minimum atomic E-state index is 0.793. The highest BCUT2D eigenvalue weighted by molar-refractivity contribution is 4.86. The molecule has 0 aromatic carbocycles. The molecule has 0 nitrogen and oxygen atoms in total. The van der Waals surface area contributed by atoms with E-state index < -0.39 is 0 Å². The summed E-state index contributed by atoms with van der Waals surface area (Å²) in [5.74, 6) is 0.793. The van der Waals surface area contributed by atoms with Crippen LogP contribution in [0.2, 0.25) is 0 Å². The van der Waals surface area contributed by atoms with Gasteiger partial charge in [0.15, 0.2) is 0 Å². The first-order valence-electron chi connectivity index (χ1n) is 8.97. The van der Waals surface area contributed by atoms with Crippen molar-refractivity contribution in [2.45, 2.75) is 104 Å². The van der Waals surface area contributed by atoms with Gasteiger partial charge in [0.05, 0.1) is 0 Å². The highest BCUT2D eigenvalue weighted by atomic mass is 14.0. The predicted molar refractivity (Wildman–Crippen MR) is 89.7 cm³/mol. The van der Waals surface area contributed by atoms with Crippen LogP contribution in [-0.2, 0) is 0 Å². The van der Waals surface area contributed by atoms with Crippen LogP contribution in [0.1, 0.15) is 104 Å². The maximum Gasteiger partial charge on any atom is -0.0262 e. The van der Waals surface area contributed by atoms with Crippen molar-refractivity contribution < 1.29 is 0 Å². The van der Waals surface area contributed by atoms with Crippen LogP contribution in [0.5, 0.6) is 0 Å². The van der Waals surface area contributed by atoms with Crippen LogP contribution in [0.25, 0.3) is 0 Å². The van der Waals surface area contributed by atoms with Gasteiger partial charge in [-0.05, 0) is 18.8 Å². The van der Waals surface area contributed by atoms with Crippen molar-refractivity contribution in [2.24, 2.45) is 5.92 Å².